The molecule has 0 aliphatic heterocycles. The van der Waals surface area contributed by atoms with E-state index in [1.165, 1.54) is 0 Å². The fourth-order valence-corrected chi connectivity index (χ4v) is 1.50. The monoisotopic (exact) mass is 358 g/mol. The molecule has 1 aromatic carbocycles. The zero-order chi connectivity index (χ0) is 13.5. The van der Waals surface area contributed by atoms with Gasteiger partial charge in [-0.1, -0.05) is 25.3 Å². The normalized spacial score (nSPS) is 9.67. The van der Waals surface area contributed by atoms with Gasteiger partial charge in [0.15, 0.2) is 0 Å². The minimum absolute atomic E-state index is 0.190. The summed E-state index contributed by atoms with van der Waals surface area (Å²) in [5.74, 6) is 0.163. The minimum Gasteiger partial charge on any atom is -0.490 e. The highest BCUT2D eigenvalue weighted by Gasteiger charge is 2.03. The van der Waals surface area contributed by atoms with Crippen LogP contribution < -0.4 is 0 Å². The van der Waals surface area contributed by atoms with Crippen molar-refractivity contribution in [2.45, 2.75) is 6.92 Å². The second kappa shape index (κ2) is 7.20. The maximum absolute atomic E-state index is 11.1. The summed E-state index contributed by atoms with van der Waals surface area (Å²) in [6.45, 7) is 9.39. The zero-order valence-electron chi connectivity index (χ0n) is 10.2. The average molecular weight is 358 g/mol. The van der Waals surface area contributed by atoms with E-state index in [-0.39, 0.29) is 13.2 Å². The van der Waals surface area contributed by atoms with Gasteiger partial charge in [-0.25, -0.2) is 4.79 Å². The Bertz CT molecular complexity index is 449. The molecule has 1 rings (SSSR count). The quantitative estimate of drug-likeness (QED) is 0.257. The summed E-state index contributed by atoms with van der Waals surface area (Å²) in [6, 6.07) is 7.82. The lowest BCUT2D eigenvalue weighted by Gasteiger charge is -2.09. The number of halogens is 1. The number of benzene rings is 1. The van der Waals surface area contributed by atoms with E-state index in [1.54, 1.807) is 6.92 Å². The van der Waals surface area contributed by atoms with Gasteiger partial charge in [0.2, 0.25) is 0 Å². The lowest BCUT2D eigenvalue weighted by molar-refractivity contribution is -0.139. The Morgan fingerprint density at radius 1 is 1.17 bits per heavy atom. The van der Waals surface area contributed by atoms with Crippen molar-refractivity contribution >= 4 is 34.3 Å². The van der Waals surface area contributed by atoms with E-state index < -0.39 is 5.97 Å². The van der Waals surface area contributed by atoms with Gasteiger partial charge in [0.1, 0.15) is 19.0 Å². The third-order valence-corrected chi connectivity index (χ3v) is 2.83. The predicted octanol–water partition coefficient (Wildman–Crippen LogP) is 3.40. The molecule has 0 unspecified atom stereocenters. The first-order chi connectivity index (χ1) is 8.50. The van der Waals surface area contributed by atoms with Crippen LogP contribution in [0.4, 0.5) is 0 Å². The Kier molecular flexibility index (Phi) is 5.91. The van der Waals surface area contributed by atoms with Crippen LogP contribution >= 0.6 is 22.6 Å². The van der Waals surface area contributed by atoms with Crippen LogP contribution in [0, 0.1) is 3.57 Å². The van der Waals surface area contributed by atoms with Crippen LogP contribution in [0.2, 0.25) is 0 Å². The van der Waals surface area contributed by atoms with Crippen molar-refractivity contribution in [3.63, 3.8) is 0 Å². The van der Waals surface area contributed by atoms with Crippen molar-refractivity contribution < 1.29 is 14.3 Å². The molecule has 0 aromatic heterocycles. The van der Waals surface area contributed by atoms with Gasteiger partial charge >= 0.3 is 5.97 Å². The van der Waals surface area contributed by atoms with Crippen molar-refractivity contribution in [1.29, 1.82) is 0 Å². The largest absolute Gasteiger partial charge is 0.490 e. The van der Waals surface area contributed by atoms with Gasteiger partial charge < -0.3 is 9.47 Å². The molecular formula is C14H15IO3. The summed E-state index contributed by atoms with van der Waals surface area (Å²) >= 11 is 2.23. The van der Waals surface area contributed by atoms with E-state index in [4.69, 9.17) is 9.47 Å². The molecule has 0 fully saturated rings. The first kappa shape index (κ1) is 14.8. The van der Waals surface area contributed by atoms with Crippen LogP contribution in [0.3, 0.4) is 0 Å². The third-order valence-electron chi connectivity index (χ3n) is 2.11. The Morgan fingerprint density at radius 3 is 2.28 bits per heavy atom. The molecule has 1 aromatic rings. The van der Waals surface area contributed by atoms with Crippen LogP contribution in [0.5, 0.6) is 0 Å². The second-order valence-electron chi connectivity index (χ2n) is 3.69. The number of esters is 1. The molecule has 0 radical (unpaired) electrons. The van der Waals surface area contributed by atoms with Crippen LogP contribution in [0.25, 0.3) is 5.76 Å². The highest BCUT2D eigenvalue weighted by atomic mass is 127. The zero-order valence-corrected chi connectivity index (χ0v) is 12.4. The summed E-state index contributed by atoms with van der Waals surface area (Å²) in [7, 11) is 0. The van der Waals surface area contributed by atoms with Gasteiger partial charge in [-0.05, 0) is 41.6 Å². The maximum atomic E-state index is 11.1. The molecular weight excluding hydrogens is 343 g/mol. The summed E-state index contributed by atoms with van der Waals surface area (Å²) in [5, 5.41) is 0. The van der Waals surface area contributed by atoms with Crippen molar-refractivity contribution in [2.24, 2.45) is 0 Å². The number of hydrogen-bond acceptors (Lipinski definition) is 3. The van der Waals surface area contributed by atoms with E-state index in [9.17, 15) is 4.79 Å². The molecule has 0 bridgehead atoms. The smallest absolute Gasteiger partial charge is 0.333 e. The molecule has 96 valence electrons. The molecule has 0 heterocycles. The van der Waals surface area contributed by atoms with Gasteiger partial charge in [0.05, 0.1) is 0 Å². The fourth-order valence-electron chi connectivity index (χ4n) is 1.14. The lowest BCUT2D eigenvalue weighted by Crippen LogP contribution is -2.10. The maximum Gasteiger partial charge on any atom is 0.333 e. The van der Waals surface area contributed by atoms with Crippen molar-refractivity contribution in [3.8, 4) is 0 Å². The van der Waals surface area contributed by atoms with Gasteiger partial charge in [0, 0.05) is 14.7 Å². The van der Waals surface area contributed by atoms with E-state index in [0.717, 1.165) is 9.13 Å². The van der Waals surface area contributed by atoms with Gasteiger partial charge in [0.25, 0.3) is 0 Å². The van der Waals surface area contributed by atoms with Gasteiger partial charge in [-0.3, -0.25) is 0 Å². The summed E-state index contributed by atoms with van der Waals surface area (Å²) in [6.07, 6.45) is 0. The van der Waals surface area contributed by atoms with Crippen molar-refractivity contribution in [3.05, 3.63) is 52.1 Å². The lowest BCUT2D eigenvalue weighted by atomic mass is 10.2. The molecule has 0 N–H and O–H groups in total. The molecule has 0 spiro atoms. The number of ether oxygens (including phenoxy) is 2. The highest BCUT2D eigenvalue weighted by Crippen LogP contribution is 2.15. The molecule has 18 heavy (non-hydrogen) atoms. The van der Waals surface area contributed by atoms with Crippen LogP contribution in [-0.2, 0) is 14.3 Å². The molecule has 0 saturated heterocycles. The first-order valence-corrected chi connectivity index (χ1v) is 6.49. The van der Waals surface area contributed by atoms with Crippen LogP contribution in [0.15, 0.2) is 43.0 Å². The predicted molar refractivity (Wildman–Crippen MR) is 79.9 cm³/mol. The SMILES string of the molecule is C=C(C)C(=O)OCCOC(=C)c1ccc(I)cc1. The molecule has 3 nitrogen and oxygen atoms in total. The standard InChI is InChI=1S/C14H15IO3/c1-10(2)14(16)18-9-8-17-11(3)12-4-6-13(15)7-5-12/h4-7H,1,3,8-9H2,2H3. The Balaban J connectivity index is 2.32. The van der Waals surface area contributed by atoms with Gasteiger partial charge in [-0.15, -0.1) is 0 Å². The third kappa shape index (κ3) is 4.91. The Labute approximate surface area is 121 Å². The molecule has 4 heteroatoms. The van der Waals surface area contributed by atoms with E-state index in [2.05, 4.69) is 35.7 Å². The summed E-state index contributed by atoms with van der Waals surface area (Å²) in [5.41, 5.74) is 1.30. The first-order valence-electron chi connectivity index (χ1n) is 5.41. The van der Waals surface area contributed by atoms with E-state index in [0.29, 0.717) is 11.3 Å². The average Bonchev–Trinajstić information content (AvgIpc) is 2.34. The molecule has 0 amide bonds. The van der Waals surface area contributed by atoms with Crippen molar-refractivity contribution in [1.82, 2.24) is 0 Å². The molecule has 0 atom stereocenters. The Morgan fingerprint density at radius 2 is 1.72 bits per heavy atom. The number of rotatable bonds is 6. The second-order valence-corrected chi connectivity index (χ2v) is 4.94. The molecule has 0 aliphatic rings. The number of carbonyl (C=O) groups is 1. The topological polar surface area (TPSA) is 35.5 Å². The van der Waals surface area contributed by atoms with Crippen LogP contribution in [-0.4, -0.2) is 19.2 Å². The van der Waals surface area contributed by atoms with Crippen LogP contribution in [0.1, 0.15) is 12.5 Å². The summed E-state index contributed by atoms with van der Waals surface area (Å²) in [4.78, 5) is 11.1. The fraction of sp³-hybridized carbons (Fsp3) is 0.214. The number of hydrogen-bond donors (Lipinski definition) is 0. The van der Waals surface area contributed by atoms with E-state index >= 15 is 0 Å². The van der Waals surface area contributed by atoms with E-state index in [1.807, 2.05) is 24.3 Å². The van der Waals surface area contributed by atoms with Crippen molar-refractivity contribution in [2.75, 3.05) is 13.2 Å². The van der Waals surface area contributed by atoms with Gasteiger partial charge in [-0.2, -0.15) is 0 Å². The molecule has 0 saturated carbocycles. The minimum atomic E-state index is -0.404. The summed E-state index contributed by atoms with van der Waals surface area (Å²) < 4.78 is 11.4. The molecule has 0 aliphatic carbocycles. The highest BCUT2D eigenvalue weighted by molar-refractivity contribution is 14.1. The Hall–Kier alpha value is -1.30. The number of carbonyl (C=O) groups excluding carboxylic acids is 1.